The summed E-state index contributed by atoms with van der Waals surface area (Å²) in [5, 5.41) is 3.56. The third kappa shape index (κ3) is 3.33. The predicted molar refractivity (Wildman–Crippen MR) is 93.2 cm³/mol. The summed E-state index contributed by atoms with van der Waals surface area (Å²) in [5.41, 5.74) is 2.36. The average molecular weight is 339 g/mol. The Morgan fingerprint density at radius 2 is 1.84 bits per heavy atom. The van der Waals surface area contributed by atoms with E-state index in [4.69, 9.17) is 9.15 Å². The van der Waals surface area contributed by atoms with Crippen molar-refractivity contribution in [3.63, 3.8) is 0 Å². The minimum atomic E-state index is -0.424. The van der Waals surface area contributed by atoms with Gasteiger partial charge in [0.1, 0.15) is 11.3 Å². The van der Waals surface area contributed by atoms with Crippen LogP contribution in [0.2, 0.25) is 0 Å². The molecule has 0 aliphatic heterocycles. The van der Waals surface area contributed by atoms with Gasteiger partial charge in [0.05, 0.1) is 19.8 Å². The van der Waals surface area contributed by atoms with E-state index >= 15 is 0 Å². The number of methoxy groups -OCH3 is 2. The number of aryl methyl sites for hydroxylation is 1. The number of benzene rings is 2. The van der Waals surface area contributed by atoms with Crippen LogP contribution in [0.25, 0.3) is 11.0 Å². The fourth-order valence-corrected chi connectivity index (χ4v) is 2.49. The number of furan rings is 1. The zero-order chi connectivity index (χ0) is 18.0. The van der Waals surface area contributed by atoms with Crippen molar-refractivity contribution in [1.82, 2.24) is 0 Å². The van der Waals surface area contributed by atoms with Crippen LogP contribution in [0, 0.1) is 6.92 Å². The van der Waals surface area contributed by atoms with Crippen LogP contribution in [0.15, 0.2) is 46.9 Å². The van der Waals surface area contributed by atoms with E-state index < -0.39 is 5.97 Å². The van der Waals surface area contributed by atoms with Crippen molar-refractivity contribution in [2.75, 3.05) is 19.5 Å². The van der Waals surface area contributed by atoms with Gasteiger partial charge < -0.3 is 19.2 Å². The van der Waals surface area contributed by atoms with Crippen LogP contribution in [-0.2, 0) is 4.74 Å². The highest BCUT2D eigenvalue weighted by Crippen LogP contribution is 2.25. The molecule has 2 aromatic carbocycles. The maximum Gasteiger partial charge on any atom is 0.337 e. The third-order valence-corrected chi connectivity index (χ3v) is 3.84. The zero-order valence-electron chi connectivity index (χ0n) is 14.1. The largest absolute Gasteiger partial charge is 0.497 e. The van der Waals surface area contributed by atoms with Crippen LogP contribution >= 0.6 is 0 Å². The molecule has 3 aromatic rings. The molecule has 0 aliphatic rings. The maximum absolute atomic E-state index is 12.4. The lowest BCUT2D eigenvalue weighted by Crippen LogP contribution is -2.12. The van der Waals surface area contributed by atoms with Gasteiger partial charge in [-0.2, -0.15) is 0 Å². The maximum atomic E-state index is 12.4. The monoisotopic (exact) mass is 339 g/mol. The number of carbonyl (C=O) groups excluding carboxylic acids is 2. The van der Waals surface area contributed by atoms with Gasteiger partial charge in [-0.15, -0.1) is 0 Å². The van der Waals surface area contributed by atoms with Crippen LogP contribution < -0.4 is 10.1 Å². The first-order valence-corrected chi connectivity index (χ1v) is 7.59. The normalized spacial score (nSPS) is 10.5. The molecule has 25 heavy (non-hydrogen) atoms. The lowest BCUT2D eigenvalue weighted by atomic mass is 10.1. The van der Waals surface area contributed by atoms with Crippen LogP contribution in [0.5, 0.6) is 5.75 Å². The molecule has 1 aromatic heterocycles. The van der Waals surface area contributed by atoms with Crippen LogP contribution in [0.1, 0.15) is 26.5 Å². The predicted octanol–water partition coefficient (Wildman–Crippen LogP) is 3.79. The van der Waals surface area contributed by atoms with Crippen molar-refractivity contribution in [2.45, 2.75) is 6.92 Å². The second-order valence-corrected chi connectivity index (χ2v) is 5.49. The average Bonchev–Trinajstić information content (AvgIpc) is 3.05. The molecule has 128 valence electrons. The van der Waals surface area contributed by atoms with Crippen molar-refractivity contribution >= 4 is 28.5 Å². The molecule has 0 unspecified atom stereocenters. The molecule has 0 bridgehead atoms. The van der Waals surface area contributed by atoms with Crippen molar-refractivity contribution < 1.29 is 23.5 Å². The van der Waals surface area contributed by atoms with Gasteiger partial charge in [-0.25, -0.2) is 4.79 Å². The van der Waals surface area contributed by atoms with Gasteiger partial charge in [-0.05, 0) is 55.0 Å². The Kier molecular flexibility index (Phi) is 4.43. The quantitative estimate of drug-likeness (QED) is 0.732. The highest BCUT2D eigenvalue weighted by Gasteiger charge is 2.15. The molecular weight excluding hydrogens is 322 g/mol. The molecule has 6 nitrogen and oxygen atoms in total. The molecule has 1 N–H and O–H groups in total. The highest BCUT2D eigenvalue weighted by atomic mass is 16.5. The summed E-state index contributed by atoms with van der Waals surface area (Å²) in [4.78, 5) is 24.0. The number of hydrogen-bond acceptors (Lipinski definition) is 5. The van der Waals surface area contributed by atoms with E-state index in [1.165, 1.54) is 7.11 Å². The fraction of sp³-hybridized carbons (Fsp3) is 0.158. The van der Waals surface area contributed by atoms with Gasteiger partial charge in [0, 0.05) is 11.1 Å². The van der Waals surface area contributed by atoms with Crippen molar-refractivity contribution in [1.29, 1.82) is 0 Å². The molecule has 0 spiro atoms. The smallest absolute Gasteiger partial charge is 0.337 e. The Morgan fingerprint density at radius 1 is 1.04 bits per heavy atom. The van der Waals surface area contributed by atoms with Gasteiger partial charge in [0.15, 0.2) is 5.76 Å². The number of carbonyl (C=O) groups is 2. The number of nitrogens with one attached hydrogen (secondary N) is 1. The molecule has 3 rings (SSSR count). The van der Waals surface area contributed by atoms with E-state index in [0.29, 0.717) is 22.6 Å². The van der Waals surface area contributed by atoms with Crippen molar-refractivity contribution in [3.8, 4) is 5.75 Å². The summed E-state index contributed by atoms with van der Waals surface area (Å²) in [6.45, 7) is 1.80. The minimum absolute atomic E-state index is 0.194. The van der Waals surface area contributed by atoms with E-state index in [9.17, 15) is 9.59 Å². The van der Waals surface area contributed by atoms with E-state index in [0.717, 1.165) is 10.9 Å². The molecule has 0 atom stereocenters. The summed E-state index contributed by atoms with van der Waals surface area (Å²) in [5.74, 6) is 0.0884. The first-order chi connectivity index (χ1) is 12.0. The Bertz CT molecular complexity index is 958. The van der Waals surface area contributed by atoms with Crippen LogP contribution in [0.4, 0.5) is 5.69 Å². The first-order valence-electron chi connectivity index (χ1n) is 7.59. The fourth-order valence-electron chi connectivity index (χ4n) is 2.49. The van der Waals surface area contributed by atoms with Gasteiger partial charge in [0.2, 0.25) is 0 Å². The summed E-state index contributed by atoms with van der Waals surface area (Å²) in [6.07, 6.45) is 0. The Balaban J connectivity index is 1.83. The van der Waals surface area contributed by atoms with Crippen molar-refractivity contribution in [2.24, 2.45) is 0 Å². The first kappa shape index (κ1) is 16.6. The van der Waals surface area contributed by atoms with Crippen LogP contribution in [0.3, 0.4) is 0 Å². The molecule has 1 amide bonds. The lowest BCUT2D eigenvalue weighted by molar-refractivity contribution is 0.0600. The van der Waals surface area contributed by atoms with Gasteiger partial charge >= 0.3 is 5.97 Å². The molecule has 0 radical (unpaired) electrons. The van der Waals surface area contributed by atoms with E-state index in [1.54, 1.807) is 56.5 Å². The summed E-state index contributed by atoms with van der Waals surface area (Å²) >= 11 is 0. The molecule has 1 heterocycles. The Morgan fingerprint density at radius 3 is 2.52 bits per heavy atom. The van der Waals surface area contributed by atoms with E-state index in [1.807, 2.05) is 0 Å². The lowest BCUT2D eigenvalue weighted by Gasteiger charge is -2.08. The van der Waals surface area contributed by atoms with Gasteiger partial charge in [-0.1, -0.05) is 0 Å². The molecule has 6 heteroatoms. The molecule has 0 aliphatic carbocycles. The highest BCUT2D eigenvalue weighted by molar-refractivity contribution is 6.05. The SMILES string of the molecule is COC(=O)c1ccc(NC(=O)c2cc3cc(OC)ccc3o2)c(C)c1. The number of rotatable bonds is 4. The molecular formula is C19H17NO5. The number of fused-ring (bicyclic) bond motifs is 1. The zero-order valence-corrected chi connectivity index (χ0v) is 14.1. The second kappa shape index (κ2) is 6.68. The number of hydrogen-bond donors (Lipinski definition) is 1. The molecule has 0 saturated heterocycles. The number of esters is 1. The summed E-state index contributed by atoms with van der Waals surface area (Å²) in [6, 6.07) is 11.9. The third-order valence-electron chi connectivity index (χ3n) is 3.84. The summed E-state index contributed by atoms with van der Waals surface area (Å²) in [7, 11) is 2.90. The molecule has 0 fully saturated rings. The van der Waals surface area contributed by atoms with Gasteiger partial charge in [0.25, 0.3) is 5.91 Å². The summed E-state index contributed by atoms with van der Waals surface area (Å²) < 4.78 is 15.4. The Hall–Kier alpha value is -3.28. The van der Waals surface area contributed by atoms with Gasteiger partial charge in [-0.3, -0.25) is 4.79 Å². The topological polar surface area (TPSA) is 77.8 Å². The number of amides is 1. The van der Waals surface area contributed by atoms with Crippen molar-refractivity contribution in [3.05, 3.63) is 59.4 Å². The van der Waals surface area contributed by atoms with E-state index in [-0.39, 0.29) is 11.7 Å². The van der Waals surface area contributed by atoms with E-state index in [2.05, 4.69) is 10.1 Å². The second-order valence-electron chi connectivity index (χ2n) is 5.49. The standard InChI is InChI=1S/C19H17NO5/c1-11-8-12(19(22)24-3)4-6-15(11)20-18(21)17-10-13-9-14(23-2)5-7-16(13)25-17/h4-10H,1-3H3,(H,20,21). The number of anilines is 1. The molecule has 0 saturated carbocycles. The Labute approximate surface area is 144 Å². The minimum Gasteiger partial charge on any atom is -0.497 e. The van der Waals surface area contributed by atoms with Crippen LogP contribution in [-0.4, -0.2) is 26.1 Å². The number of ether oxygens (including phenoxy) is 2.